The first-order valence-corrected chi connectivity index (χ1v) is 10.4. The lowest BCUT2D eigenvalue weighted by atomic mass is 10.2. The molecule has 0 radical (unpaired) electrons. The Morgan fingerprint density at radius 2 is 1.88 bits per heavy atom. The second-order valence-corrected chi connectivity index (χ2v) is 8.95. The van der Waals surface area contributed by atoms with Gasteiger partial charge in [0.2, 0.25) is 0 Å². The lowest BCUT2D eigenvalue weighted by Gasteiger charge is -2.09. The number of nitrogens with two attached hydrogens (primary N) is 1. The second-order valence-electron chi connectivity index (χ2n) is 5.05. The van der Waals surface area contributed by atoms with Gasteiger partial charge in [-0.25, -0.2) is 0 Å². The summed E-state index contributed by atoms with van der Waals surface area (Å²) >= 11 is 10.1. The third-order valence-electron chi connectivity index (χ3n) is 3.19. The predicted molar refractivity (Wildman–Crippen MR) is 106 cm³/mol. The van der Waals surface area contributed by atoms with Crippen LogP contribution in [0.25, 0.3) is 6.08 Å². The zero-order valence-electron chi connectivity index (χ0n) is 12.8. The van der Waals surface area contributed by atoms with Crippen molar-refractivity contribution in [1.29, 1.82) is 0 Å². The molecule has 1 heterocycles. The van der Waals surface area contributed by atoms with Gasteiger partial charge in [-0.05, 0) is 75.7 Å². The van der Waals surface area contributed by atoms with Gasteiger partial charge in [-0.3, -0.25) is 4.79 Å². The van der Waals surface area contributed by atoms with Crippen LogP contribution in [0.3, 0.4) is 0 Å². The number of amidine groups is 1. The first-order chi connectivity index (χ1) is 12.2. The zero-order chi connectivity index (χ0) is 18.9. The summed E-state index contributed by atoms with van der Waals surface area (Å²) in [6.45, 7) is 0. The summed E-state index contributed by atoms with van der Waals surface area (Å²) < 4.78 is 30.2. The van der Waals surface area contributed by atoms with Gasteiger partial charge in [-0.2, -0.15) is 13.4 Å². The molecule has 6 nitrogen and oxygen atoms in total. The number of aliphatic imine (C=N–C) groups is 1. The highest BCUT2D eigenvalue weighted by Crippen LogP contribution is 2.32. The number of carbonyl (C=O) groups excluding carboxylic acids is 1. The molecule has 2 N–H and O–H groups in total. The van der Waals surface area contributed by atoms with Crippen molar-refractivity contribution in [3.8, 4) is 5.75 Å². The number of hydrogen-bond acceptors (Lipinski definition) is 6. The van der Waals surface area contributed by atoms with Gasteiger partial charge >= 0.3 is 10.1 Å². The number of amides is 1. The summed E-state index contributed by atoms with van der Waals surface area (Å²) in [5, 5.41) is 0.612. The minimum Gasteiger partial charge on any atom is -0.378 e. The van der Waals surface area contributed by atoms with E-state index in [-0.39, 0.29) is 15.8 Å². The van der Waals surface area contributed by atoms with Crippen LogP contribution in [0.4, 0.5) is 0 Å². The molecule has 1 aliphatic heterocycles. The first kappa shape index (κ1) is 19.0. The largest absolute Gasteiger partial charge is 0.378 e. The Bertz CT molecular complexity index is 1050. The van der Waals surface area contributed by atoms with Gasteiger partial charge < -0.3 is 9.92 Å². The van der Waals surface area contributed by atoms with Crippen LogP contribution < -0.4 is 9.92 Å². The van der Waals surface area contributed by atoms with Gasteiger partial charge in [0.1, 0.15) is 4.90 Å². The van der Waals surface area contributed by atoms with Gasteiger partial charge in [0, 0.05) is 5.02 Å². The number of nitrogens with zero attached hydrogens (tertiary/aromatic N) is 1. The molecule has 0 atom stereocenters. The standard InChI is InChI=1S/C16H10BrClN2O4S2/c17-12-7-9(8-14-15(21)20-16(19)25-14)1-6-13(12)24-26(22,23)11-4-2-10(18)3-5-11/h1-8H,(H2,19,20,21)/b14-8-. The van der Waals surface area contributed by atoms with Crippen LogP contribution in [0, 0.1) is 0 Å². The van der Waals surface area contributed by atoms with Gasteiger partial charge in [0.05, 0.1) is 9.38 Å². The highest BCUT2D eigenvalue weighted by molar-refractivity contribution is 9.10. The van der Waals surface area contributed by atoms with Crippen LogP contribution in [-0.2, 0) is 14.9 Å². The van der Waals surface area contributed by atoms with E-state index >= 15 is 0 Å². The smallest absolute Gasteiger partial charge is 0.339 e. The van der Waals surface area contributed by atoms with E-state index in [1.165, 1.54) is 30.3 Å². The van der Waals surface area contributed by atoms with Crippen molar-refractivity contribution in [2.24, 2.45) is 10.7 Å². The van der Waals surface area contributed by atoms with Crippen molar-refractivity contribution in [3.63, 3.8) is 0 Å². The van der Waals surface area contributed by atoms with Crippen LogP contribution >= 0.6 is 39.3 Å². The molecule has 26 heavy (non-hydrogen) atoms. The Balaban J connectivity index is 1.83. The topological polar surface area (TPSA) is 98.8 Å². The van der Waals surface area contributed by atoms with Gasteiger partial charge in [-0.15, -0.1) is 0 Å². The zero-order valence-corrected chi connectivity index (χ0v) is 16.8. The summed E-state index contributed by atoms with van der Waals surface area (Å²) in [6, 6.07) is 10.4. The molecular formula is C16H10BrClN2O4S2. The van der Waals surface area contributed by atoms with E-state index < -0.39 is 16.0 Å². The lowest BCUT2D eigenvalue weighted by molar-refractivity contribution is -0.113. The minimum absolute atomic E-state index is 0.0134. The molecule has 0 bridgehead atoms. The number of halogens is 2. The second kappa shape index (κ2) is 7.43. The predicted octanol–water partition coefficient (Wildman–Crippen LogP) is 3.80. The quantitative estimate of drug-likeness (QED) is 0.536. The maximum Gasteiger partial charge on any atom is 0.339 e. The van der Waals surface area contributed by atoms with E-state index in [2.05, 4.69) is 20.9 Å². The van der Waals surface area contributed by atoms with E-state index in [0.717, 1.165) is 11.8 Å². The molecule has 1 amide bonds. The van der Waals surface area contributed by atoms with Crippen molar-refractivity contribution in [3.05, 3.63) is 62.4 Å². The Morgan fingerprint density at radius 1 is 1.19 bits per heavy atom. The van der Waals surface area contributed by atoms with Crippen molar-refractivity contribution in [1.82, 2.24) is 0 Å². The number of benzene rings is 2. The lowest BCUT2D eigenvalue weighted by Crippen LogP contribution is -2.10. The fraction of sp³-hybridized carbons (Fsp3) is 0. The molecule has 2 aromatic rings. The molecule has 0 saturated heterocycles. The first-order valence-electron chi connectivity index (χ1n) is 7.02. The number of carbonyl (C=O) groups is 1. The number of thioether (sulfide) groups is 1. The van der Waals surface area contributed by atoms with Crippen LogP contribution in [0.15, 0.2) is 61.7 Å². The molecule has 0 aromatic heterocycles. The summed E-state index contributed by atoms with van der Waals surface area (Å²) in [7, 11) is -4.00. The highest BCUT2D eigenvalue weighted by Gasteiger charge is 2.20. The summed E-state index contributed by atoms with van der Waals surface area (Å²) in [6.07, 6.45) is 1.61. The summed E-state index contributed by atoms with van der Waals surface area (Å²) in [5.41, 5.74) is 6.17. The average Bonchev–Trinajstić information content (AvgIpc) is 2.88. The fourth-order valence-electron chi connectivity index (χ4n) is 2.02. The molecular weight excluding hydrogens is 464 g/mol. The third kappa shape index (κ3) is 4.29. The van der Waals surface area contributed by atoms with Crippen LogP contribution in [-0.4, -0.2) is 19.5 Å². The Hall–Kier alpha value is -1.81. The van der Waals surface area contributed by atoms with Crippen LogP contribution in [0.5, 0.6) is 5.75 Å². The molecule has 0 spiro atoms. The molecule has 0 aliphatic carbocycles. The van der Waals surface area contributed by atoms with Crippen LogP contribution in [0.1, 0.15) is 5.56 Å². The molecule has 1 aliphatic rings. The van der Waals surface area contributed by atoms with E-state index in [0.29, 0.717) is 20.0 Å². The highest BCUT2D eigenvalue weighted by atomic mass is 79.9. The Kier molecular flexibility index (Phi) is 5.42. The van der Waals surface area contributed by atoms with E-state index in [9.17, 15) is 13.2 Å². The Morgan fingerprint density at radius 3 is 2.46 bits per heavy atom. The molecule has 0 unspecified atom stereocenters. The van der Waals surface area contributed by atoms with E-state index in [1.54, 1.807) is 18.2 Å². The monoisotopic (exact) mass is 472 g/mol. The molecule has 0 saturated carbocycles. The molecule has 3 rings (SSSR count). The third-order valence-corrected chi connectivity index (χ3v) is 6.13. The van der Waals surface area contributed by atoms with Crippen LogP contribution in [0.2, 0.25) is 5.02 Å². The van der Waals surface area contributed by atoms with E-state index in [1.807, 2.05) is 0 Å². The molecule has 2 aromatic carbocycles. The van der Waals surface area contributed by atoms with Gasteiger partial charge in [0.25, 0.3) is 5.91 Å². The minimum atomic E-state index is -4.00. The maximum atomic E-state index is 12.3. The van der Waals surface area contributed by atoms with Crippen molar-refractivity contribution in [2.75, 3.05) is 0 Å². The molecule has 0 fully saturated rings. The summed E-state index contributed by atoms with van der Waals surface area (Å²) in [5.74, 6) is -0.294. The van der Waals surface area contributed by atoms with E-state index in [4.69, 9.17) is 21.5 Å². The normalized spacial score (nSPS) is 16.0. The SMILES string of the molecule is NC1=NC(=O)/C(=C/c2ccc(OS(=O)(=O)c3ccc(Cl)cc3)c(Br)c2)S1. The van der Waals surface area contributed by atoms with Gasteiger partial charge in [-0.1, -0.05) is 17.7 Å². The fourth-order valence-corrected chi connectivity index (χ4v) is 4.36. The van der Waals surface area contributed by atoms with Gasteiger partial charge in [0.15, 0.2) is 10.9 Å². The van der Waals surface area contributed by atoms with Crippen molar-refractivity contribution in [2.45, 2.75) is 4.90 Å². The summed E-state index contributed by atoms with van der Waals surface area (Å²) in [4.78, 5) is 15.6. The average molecular weight is 474 g/mol. The Labute approximate surface area is 167 Å². The number of hydrogen-bond donors (Lipinski definition) is 1. The van der Waals surface area contributed by atoms with Crippen molar-refractivity contribution >= 4 is 66.6 Å². The maximum absolute atomic E-state index is 12.3. The van der Waals surface area contributed by atoms with Crippen molar-refractivity contribution < 1.29 is 17.4 Å². The molecule has 10 heteroatoms. The molecule has 134 valence electrons. The number of rotatable bonds is 4.